The number of rotatable bonds is 5. The normalized spacial score (nSPS) is 23.5. The Bertz CT molecular complexity index is 408. The van der Waals surface area contributed by atoms with Crippen molar-refractivity contribution in [1.29, 1.82) is 0 Å². The van der Waals surface area contributed by atoms with Crippen molar-refractivity contribution in [2.45, 2.75) is 39.0 Å². The van der Waals surface area contributed by atoms with Crippen LogP contribution in [0.5, 0.6) is 0 Å². The van der Waals surface area contributed by atoms with Gasteiger partial charge in [-0.15, -0.1) is 0 Å². The molecule has 0 spiro atoms. The molecule has 2 atom stereocenters. The van der Waals surface area contributed by atoms with Gasteiger partial charge in [0.25, 0.3) is 0 Å². The minimum Gasteiger partial charge on any atom is -0.317 e. The first kappa shape index (κ1) is 15.3. The number of benzene rings is 1. The molecule has 106 valence electrons. The Labute approximate surface area is 130 Å². The molecule has 1 nitrogen and oxygen atoms in total. The molecule has 1 aromatic rings. The van der Waals surface area contributed by atoms with Gasteiger partial charge in [0.1, 0.15) is 0 Å². The lowest BCUT2D eigenvalue weighted by atomic mass is 9.76. The Morgan fingerprint density at radius 2 is 2.00 bits per heavy atom. The van der Waals surface area contributed by atoms with Crippen molar-refractivity contribution in [3.05, 3.63) is 33.3 Å². The van der Waals surface area contributed by atoms with E-state index in [9.17, 15) is 0 Å². The van der Waals surface area contributed by atoms with Crippen LogP contribution in [0.2, 0.25) is 5.02 Å². The molecule has 0 amide bonds. The lowest BCUT2D eigenvalue weighted by Crippen LogP contribution is -2.31. The van der Waals surface area contributed by atoms with E-state index in [1.807, 2.05) is 6.07 Å². The number of halogens is 2. The fourth-order valence-corrected chi connectivity index (χ4v) is 3.87. The summed E-state index contributed by atoms with van der Waals surface area (Å²) >= 11 is 9.83. The van der Waals surface area contributed by atoms with Crippen molar-refractivity contribution in [2.24, 2.45) is 11.8 Å². The van der Waals surface area contributed by atoms with E-state index >= 15 is 0 Å². The van der Waals surface area contributed by atoms with E-state index in [1.54, 1.807) is 0 Å². The van der Waals surface area contributed by atoms with Crippen LogP contribution in [0, 0.1) is 11.8 Å². The van der Waals surface area contributed by atoms with Crippen molar-refractivity contribution in [3.8, 4) is 0 Å². The summed E-state index contributed by atoms with van der Waals surface area (Å²) in [4.78, 5) is 0. The minimum absolute atomic E-state index is 0.784. The molecule has 0 aliphatic heterocycles. The van der Waals surface area contributed by atoms with Crippen LogP contribution in [0.3, 0.4) is 0 Å². The third-order valence-corrected chi connectivity index (χ3v) is 5.07. The second kappa shape index (κ2) is 7.66. The molecule has 0 radical (unpaired) electrons. The molecule has 0 bridgehead atoms. The first-order valence-electron chi connectivity index (χ1n) is 7.35. The van der Waals surface area contributed by atoms with Gasteiger partial charge in [-0.1, -0.05) is 53.4 Å². The summed E-state index contributed by atoms with van der Waals surface area (Å²) in [6, 6.07) is 6.29. The van der Waals surface area contributed by atoms with E-state index in [0.717, 1.165) is 40.8 Å². The van der Waals surface area contributed by atoms with E-state index in [2.05, 4.69) is 40.3 Å². The maximum Gasteiger partial charge on any atom is 0.0449 e. The van der Waals surface area contributed by atoms with Crippen LogP contribution in [0.4, 0.5) is 0 Å². The highest BCUT2D eigenvalue weighted by atomic mass is 79.9. The highest BCUT2D eigenvalue weighted by Crippen LogP contribution is 2.34. The summed E-state index contributed by atoms with van der Waals surface area (Å²) in [5, 5.41) is 4.42. The molecule has 0 heterocycles. The molecule has 2 unspecified atom stereocenters. The third kappa shape index (κ3) is 4.47. The molecular weight excluding hydrogens is 322 g/mol. The molecular formula is C16H23BrClN. The molecule has 0 aromatic heterocycles. The van der Waals surface area contributed by atoms with Crippen LogP contribution in [-0.4, -0.2) is 13.1 Å². The predicted octanol–water partition coefficient (Wildman–Crippen LogP) is 5.06. The second-order valence-electron chi connectivity index (χ2n) is 5.55. The van der Waals surface area contributed by atoms with Gasteiger partial charge in [0, 0.05) is 9.50 Å². The average Bonchev–Trinajstić information content (AvgIpc) is 2.41. The zero-order chi connectivity index (χ0) is 13.7. The van der Waals surface area contributed by atoms with E-state index in [-0.39, 0.29) is 0 Å². The highest BCUT2D eigenvalue weighted by molar-refractivity contribution is 9.10. The van der Waals surface area contributed by atoms with Gasteiger partial charge >= 0.3 is 0 Å². The lowest BCUT2D eigenvalue weighted by molar-refractivity contribution is 0.229. The standard InChI is InChI=1S/C16H23BrClN/c1-2-19-11-14-6-4-3-5-12(14)9-13-7-8-15(17)10-16(13)18/h7-8,10,12,14,19H,2-6,9,11H2,1H3. The molecule has 0 saturated heterocycles. The van der Waals surface area contributed by atoms with E-state index in [4.69, 9.17) is 11.6 Å². The number of hydrogen-bond donors (Lipinski definition) is 1. The summed E-state index contributed by atoms with van der Waals surface area (Å²) in [5.41, 5.74) is 1.30. The van der Waals surface area contributed by atoms with Gasteiger partial charge in [-0.3, -0.25) is 0 Å². The predicted molar refractivity (Wildman–Crippen MR) is 86.8 cm³/mol. The monoisotopic (exact) mass is 343 g/mol. The summed E-state index contributed by atoms with van der Waals surface area (Å²) in [7, 11) is 0. The number of hydrogen-bond acceptors (Lipinski definition) is 1. The Balaban J connectivity index is 2.02. The molecule has 19 heavy (non-hydrogen) atoms. The highest BCUT2D eigenvalue weighted by Gasteiger charge is 2.25. The molecule has 1 aliphatic carbocycles. The first-order chi connectivity index (χ1) is 9.20. The minimum atomic E-state index is 0.784. The van der Waals surface area contributed by atoms with E-state index in [1.165, 1.54) is 31.2 Å². The molecule has 1 N–H and O–H groups in total. The van der Waals surface area contributed by atoms with Crippen molar-refractivity contribution in [3.63, 3.8) is 0 Å². The van der Waals surface area contributed by atoms with E-state index < -0.39 is 0 Å². The smallest absolute Gasteiger partial charge is 0.0449 e. The lowest BCUT2D eigenvalue weighted by Gasteiger charge is -2.32. The maximum absolute atomic E-state index is 6.36. The van der Waals surface area contributed by atoms with E-state index in [0.29, 0.717) is 0 Å². The average molecular weight is 345 g/mol. The quantitative estimate of drug-likeness (QED) is 0.787. The van der Waals surface area contributed by atoms with Crippen molar-refractivity contribution in [1.82, 2.24) is 5.32 Å². The Kier molecular flexibility index (Phi) is 6.18. The van der Waals surface area contributed by atoms with Gasteiger partial charge in [0.15, 0.2) is 0 Å². The molecule has 1 saturated carbocycles. The van der Waals surface area contributed by atoms with Crippen molar-refractivity contribution < 1.29 is 0 Å². The SMILES string of the molecule is CCNCC1CCCCC1Cc1ccc(Br)cc1Cl. The third-order valence-electron chi connectivity index (χ3n) is 4.22. The molecule has 1 aromatic carbocycles. The fourth-order valence-electron chi connectivity index (χ4n) is 3.12. The first-order valence-corrected chi connectivity index (χ1v) is 8.52. The molecule has 1 fully saturated rings. The van der Waals surface area contributed by atoms with Gasteiger partial charge in [-0.25, -0.2) is 0 Å². The topological polar surface area (TPSA) is 12.0 Å². The fraction of sp³-hybridized carbons (Fsp3) is 0.625. The number of nitrogens with one attached hydrogen (secondary N) is 1. The summed E-state index contributed by atoms with van der Waals surface area (Å²) in [6.45, 7) is 4.42. The maximum atomic E-state index is 6.36. The largest absolute Gasteiger partial charge is 0.317 e. The molecule has 2 rings (SSSR count). The van der Waals surface area contributed by atoms with Crippen LogP contribution in [0.15, 0.2) is 22.7 Å². The summed E-state index contributed by atoms with van der Waals surface area (Å²) in [5.74, 6) is 1.60. The van der Waals surface area contributed by atoms with Crippen LogP contribution >= 0.6 is 27.5 Å². The molecule has 1 aliphatic rings. The van der Waals surface area contributed by atoms with Gasteiger partial charge < -0.3 is 5.32 Å². The molecule has 3 heteroatoms. The Morgan fingerprint density at radius 3 is 2.68 bits per heavy atom. The zero-order valence-electron chi connectivity index (χ0n) is 11.6. The van der Waals surface area contributed by atoms with Crippen LogP contribution < -0.4 is 5.32 Å². The zero-order valence-corrected chi connectivity index (χ0v) is 13.9. The van der Waals surface area contributed by atoms with Crippen molar-refractivity contribution in [2.75, 3.05) is 13.1 Å². The summed E-state index contributed by atoms with van der Waals surface area (Å²) < 4.78 is 1.06. The Hall–Kier alpha value is -0.0500. The van der Waals surface area contributed by atoms with Gasteiger partial charge in [-0.05, 0) is 61.9 Å². The summed E-state index contributed by atoms with van der Waals surface area (Å²) in [6.07, 6.45) is 6.61. The van der Waals surface area contributed by atoms with Gasteiger partial charge in [0.2, 0.25) is 0 Å². The van der Waals surface area contributed by atoms with Gasteiger partial charge in [-0.2, -0.15) is 0 Å². The van der Waals surface area contributed by atoms with Crippen LogP contribution in [0.1, 0.15) is 38.2 Å². The van der Waals surface area contributed by atoms with Crippen LogP contribution in [-0.2, 0) is 6.42 Å². The van der Waals surface area contributed by atoms with Crippen LogP contribution in [0.25, 0.3) is 0 Å². The van der Waals surface area contributed by atoms with Gasteiger partial charge in [0.05, 0.1) is 0 Å². The second-order valence-corrected chi connectivity index (χ2v) is 6.88. The van der Waals surface area contributed by atoms with Crippen molar-refractivity contribution >= 4 is 27.5 Å². The Morgan fingerprint density at radius 1 is 1.26 bits per heavy atom.